The Morgan fingerprint density at radius 1 is 1.28 bits per heavy atom. The number of hydrogen-bond acceptors (Lipinski definition) is 2. The molecule has 0 radical (unpaired) electrons. The van der Waals surface area contributed by atoms with Crippen LogP contribution in [0.3, 0.4) is 0 Å². The van der Waals surface area contributed by atoms with E-state index in [1.165, 1.54) is 0 Å². The van der Waals surface area contributed by atoms with Gasteiger partial charge in [-0.1, -0.05) is 27.7 Å². The Labute approximate surface area is 106 Å². The van der Waals surface area contributed by atoms with Crippen molar-refractivity contribution in [1.29, 1.82) is 0 Å². The Bertz CT molecular complexity index is 302. The standard InChI is InChI=1S/C12H21F3N2O/c1-7(2)5-9-16-10(8(3)4)11(18)17(9)6-12(13,14)15/h7-10,16H,5-6H2,1-4H3. The van der Waals surface area contributed by atoms with Gasteiger partial charge in [0.25, 0.3) is 0 Å². The van der Waals surface area contributed by atoms with Crippen molar-refractivity contribution in [1.82, 2.24) is 10.2 Å². The van der Waals surface area contributed by atoms with E-state index in [4.69, 9.17) is 0 Å². The van der Waals surface area contributed by atoms with Gasteiger partial charge in [0, 0.05) is 0 Å². The van der Waals surface area contributed by atoms with Crippen molar-refractivity contribution in [2.45, 2.75) is 52.5 Å². The van der Waals surface area contributed by atoms with E-state index < -0.39 is 30.8 Å². The van der Waals surface area contributed by atoms with E-state index >= 15 is 0 Å². The highest BCUT2D eigenvalue weighted by atomic mass is 19.4. The fourth-order valence-corrected chi connectivity index (χ4v) is 2.20. The lowest BCUT2D eigenvalue weighted by atomic mass is 10.0. The SMILES string of the molecule is CC(C)CC1NC(C(C)C)C(=O)N1CC(F)(F)F. The summed E-state index contributed by atoms with van der Waals surface area (Å²) >= 11 is 0. The molecule has 0 bridgehead atoms. The molecule has 0 saturated carbocycles. The first-order valence-electron chi connectivity index (χ1n) is 6.25. The zero-order chi connectivity index (χ0) is 14.1. The summed E-state index contributed by atoms with van der Waals surface area (Å²) < 4.78 is 37.5. The molecule has 2 atom stereocenters. The maximum atomic E-state index is 12.5. The van der Waals surface area contributed by atoms with E-state index in [1.54, 1.807) is 0 Å². The van der Waals surface area contributed by atoms with Crippen LogP contribution in [0.5, 0.6) is 0 Å². The topological polar surface area (TPSA) is 32.3 Å². The van der Waals surface area contributed by atoms with Gasteiger partial charge in [0.2, 0.25) is 5.91 Å². The molecule has 1 heterocycles. The van der Waals surface area contributed by atoms with E-state index in [9.17, 15) is 18.0 Å². The molecule has 1 rings (SSSR count). The molecule has 1 N–H and O–H groups in total. The van der Waals surface area contributed by atoms with E-state index in [1.807, 2.05) is 27.7 Å². The number of nitrogens with zero attached hydrogens (tertiary/aromatic N) is 1. The molecule has 1 amide bonds. The molecule has 106 valence electrons. The molecule has 1 aliphatic heterocycles. The Balaban J connectivity index is 2.83. The summed E-state index contributed by atoms with van der Waals surface area (Å²) in [5.41, 5.74) is 0. The first-order valence-corrected chi connectivity index (χ1v) is 6.25. The summed E-state index contributed by atoms with van der Waals surface area (Å²) in [4.78, 5) is 12.9. The van der Waals surface area contributed by atoms with Gasteiger partial charge in [0.1, 0.15) is 6.54 Å². The first kappa shape index (κ1) is 15.3. The molecule has 0 aromatic carbocycles. The van der Waals surface area contributed by atoms with E-state index in [0.29, 0.717) is 6.42 Å². The quantitative estimate of drug-likeness (QED) is 0.847. The Kier molecular flexibility index (Phi) is 4.64. The van der Waals surface area contributed by atoms with Crippen LogP contribution in [0.25, 0.3) is 0 Å². The maximum absolute atomic E-state index is 12.5. The molecule has 6 heteroatoms. The summed E-state index contributed by atoms with van der Waals surface area (Å²) in [6.45, 7) is 6.36. The molecule has 1 saturated heterocycles. The second-order valence-electron chi connectivity index (χ2n) is 5.62. The van der Waals surface area contributed by atoms with Crippen LogP contribution in [-0.2, 0) is 4.79 Å². The highest BCUT2D eigenvalue weighted by Crippen LogP contribution is 2.26. The van der Waals surface area contributed by atoms with Crippen LogP contribution in [0.4, 0.5) is 13.2 Å². The lowest BCUT2D eigenvalue weighted by molar-refractivity contribution is -0.162. The average Bonchev–Trinajstić information content (AvgIpc) is 2.43. The Morgan fingerprint density at radius 2 is 1.83 bits per heavy atom. The third-order valence-corrected chi connectivity index (χ3v) is 3.01. The monoisotopic (exact) mass is 266 g/mol. The Hall–Kier alpha value is -0.780. The van der Waals surface area contributed by atoms with Gasteiger partial charge in [-0.25, -0.2) is 0 Å². The van der Waals surface area contributed by atoms with Crippen LogP contribution in [0.1, 0.15) is 34.1 Å². The second-order valence-corrected chi connectivity index (χ2v) is 5.62. The molecular weight excluding hydrogens is 245 g/mol. The van der Waals surface area contributed by atoms with Crippen LogP contribution in [-0.4, -0.2) is 35.7 Å². The minimum Gasteiger partial charge on any atom is -0.317 e. The summed E-state index contributed by atoms with van der Waals surface area (Å²) in [5.74, 6) is -0.213. The van der Waals surface area contributed by atoms with Crippen molar-refractivity contribution < 1.29 is 18.0 Å². The van der Waals surface area contributed by atoms with E-state index in [-0.39, 0.29) is 11.8 Å². The van der Waals surface area contributed by atoms with Gasteiger partial charge in [-0.3, -0.25) is 10.1 Å². The lowest BCUT2D eigenvalue weighted by Gasteiger charge is -2.26. The van der Waals surface area contributed by atoms with Crippen LogP contribution in [0.2, 0.25) is 0 Å². The molecule has 1 aliphatic rings. The number of halogens is 3. The predicted octanol–water partition coefficient (Wildman–Crippen LogP) is 2.38. The van der Waals surface area contributed by atoms with E-state index in [2.05, 4.69) is 5.32 Å². The number of rotatable bonds is 4. The van der Waals surface area contributed by atoms with Crippen LogP contribution in [0, 0.1) is 11.8 Å². The predicted molar refractivity (Wildman–Crippen MR) is 62.8 cm³/mol. The number of carbonyl (C=O) groups excluding carboxylic acids is 1. The molecule has 3 nitrogen and oxygen atoms in total. The molecule has 0 aromatic rings. The van der Waals surface area contributed by atoms with Crippen molar-refractivity contribution in [2.75, 3.05) is 6.54 Å². The number of hydrogen-bond donors (Lipinski definition) is 1. The van der Waals surface area contributed by atoms with Gasteiger partial charge in [0.15, 0.2) is 0 Å². The normalized spacial score (nSPS) is 25.6. The van der Waals surface area contributed by atoms with Crippen LogP contribution in [0.15, 0.2) is 0 Å². The lowest BCUT2D eigenvalue weighted by Crippen LogP contribution is -2.43. The summed E-state index contributed by atoms with van der Waals surface area (Å²) in [7, 11) is 0. The third kappa shape index (κ3) is 3.86. The molecule has 2 unspecified atom stereocenters. The van der Waals surface area contributed by atoms with Gasteiger partial charge < -0.3 is 4.90 Å². The van der Waals surface area contributed by atoms with Crippen molar-refractivity contribution >= 4 is 5.91 Å². The highest BCUT2D eigenvalue weighted by Gasteiger charge is 2.45. The van der Waals surface area contributed by atoms with Crippen LogP contribution < -0.4 is 5.32 Å². The molecular formula is C12H21F3N2O. The fourth-order valence-electron chi connectivity index (χ4n) is 2.20. The molecule has 0 aliphatic carbocycles. The van der Waals surface area contributed by atoms with Gasteiger partial charge in [0.05, 0.1) is 12.2 Å². The maximum Gasteiger partial charge on any atom is 0.406 e. The van der Waals surface area contributed by atoms with Gasteiger partial charge in [-0.2, -0.15) is 13.2 Å². The van der Waals surface area contributed by atoms with E-state index in [0.717, 1.165) is 4.90 Å². The van der Waals surface area contributed by atoms with Crippen molar-refractivity contribution in [3.05, 3.63) is 0 Å². The minimum absolute atomic E-state index is 0.00889. The largest absolute Gasteiger partial charge is 0.406 e. The molecule has 0 spiro atoms. The number of amides is 1. The number of alkyl halides is 3. The molecule has 1 fully saturated rings. The van der Waals surface area contributed by atoms with Gasteiger partial charge in [-0.15, -0.1) is 0 Å². The minimum atomic E-state index is -4.35. The van der Waals surface area contributed by atoms with Crippen molar-refractivity contribution in [2.24, 2.45) is 11.8 Å². The molecule has 18 heavy (non-hydrogen) atoms. The fraction of sp³-hybridized carbons (Fsp3) is 0.917. The summed E-state index contributed by atoms with van der Waals surface area (Å²) in [6, 6.07) is -0.504. The average molecular weight is 266 g/mol. The van der Waals surface area contributed by atoms with Crippen LogP contribution >= 0.6 is 0 Å². The zero-order valence-electron chi connectivity index (χ0n) is 11.2. The highest BCUT2D eigenvalue weighted by molar-refractivity contribution is 5.84. The summed E-state index contributed by atoms with van der Waals surface area (Å²) in [5, 5.41) is 3.02. The smallest absolute Gasteiger partial charge is 0.317 e. The molecule has 0 aromatic heterocycles. The third-order valence-electron chi connectivity index (χ3n) is 3.01. The summed E-state index contributed by atoms with van der Waals surface area (Å²) in [6.07, 6.45) is -4.32. The Morgan fingerprint density at radius 3 is 2.22 bits per heavy atom. The first-order chi connectivity index (χ1) is 8.11. The number of carbonyl (C=O) groups is 1. The zero-order valence-corrected chi connectivity index (χ0v) is 11.2. The van der Waals surface area contributed by atoms with Gasteiger partial charge in [-0.05, 0) is 18.3 Å². The van der Waals surface area contributed by atoms with Crippen molar-refractivity contribution in [3.8, 4) is 0 Å². The van der Waals surface area contributed by atoms with Crippen molar-refractivity contribution in [3.63, 3.8) is 0 Å². The second kappa shape index (κ2) is 5.47. The van der Waals surface area contributed by atoms with Gasteiger partial charge >= 0.3 is 6.18 Å². The number of nitrogens with one attached hydrogen (secondary N) is 1.